The molecule has 0 spiro atoms. The Morgan fingerprint density at radius 3 is 2.60 bits per heavy atom. The van der Waals surface area contributed by atoms with Gasteiger partial charge in [-0.3, -0.25) is 4.79 Å². The van der Waals surface area contributed by atoms with Crippen molar-refractivity contribution in [2.75, 3.05) is 11.9 Å². The van der Waals surface area contributed by atoms with E-state index in [0.717, 1.165) is 12.5 Å². The molecule has 2 N–H and O–H groups in total. The molecule has 0 aromatic heterocycles. The fraction of sp³-hybridized carbons (Fsp3) is 0.462. The van der Waals surface area contributed by atoms with Crippen LogP contribution in [0.3, 0.4) is 0 Å². The number of amides is 1. The van der Waals surface area contributed by atoms with Gasteiger partial charge in [0, 0.05) is 16.2 Å². The number of hydrogen-bond donors (Lipinski definition) is 2. The number of alkyl halides is 3. The van der Waals surface area contributed by atoms with E-state index in [2.05, 4.69) is 26.6 Å². The lowest BCUT2D eigenvalue weighted by molar-refractivity contribution is -0.138. The van der Waals surface area contributed by atoms with Gasteiger partial charge in [-0.2, -0.15) is 13.2 Å². The van der Waals surface area contributed by atoms with Crippen molar-refractivity contribution in [3.63, 3.8) is 0 Å². The molecule has 20 heavy (non-hydrogen) atoms. The first-order chi connectivity index (χ1) is 9.24. The fourth-order valence-corrected chi connectivity index (χ4v) is 1.91. The van der Waals surface area contributed by atoms with Gasteiger partial charge >= 0.3 is 6.18 Å². The molecule has 0 saturated heterocycles. The van der Waals surface area contributed by atoms with Crippen molar-refractivity contribution in [1.29, 1.82) is 0 Å². The van der Waals surface area contributed by atoms with Crippen LogP contribution in [0.25, 0.3) is 0 Å². The van der Waals surface area contributed by atoms with Crippen molar-refractivity contribution in [2.45, 2.75) is 32.5 Å². The molecule has 1 atom stereocenters. The third-order valence-electron chi connectivity index (χ3n) is 2.78. The molecule has 1 aromatic carbocycles. The summed E-state index contributed by atoms with van der Waals surface area (Å²) in [7, 11) is 0. The van der Waals surface area contributed by atoms with Crippen LogP contribution in [-0.2, 0) is 11.0 Å². The minimum absolute atomic E-state index is 0.0549. The van der Waals surface area contributed by atoms with Crippen LogP contribution < -0.4 is 10.6 Å². The van der Waals surface area contributed by atoms with E-state index in [1.54, 1.807) is 0 Å². The number of carbonyl (C=O) groups excluding carboxylic acids is 1. The summed E-state index contributed by atoms with van der Waals surface area (Å²) in [6.45, 7) is 3.96. The zero-order valence-corrected chi connectivity index (χ0v) is 12.7. The molecule has 0 saturated carbocycles. The Morgan fingerprint density at radius 1 is 1.40 bits per heavy atom. The van der Waals surface area contributed by atoms with Crippen molar-refractivity contribution in [3.8, 4) is 0 Å². The van der Waals surface area contributed by atoms with Gasteiger partial charge in [0.05, 0.1) is 12.1 Å². The number of nitrogens with one attached hydrogen (secondary N) is 2. The van der Waals surface area contributed by atoms with E-state index < -0.39 is 11.7 Å². The number of benzene rings is 1. The maximum Gasteiger partial charge on any atom is 0.417 e. The van der Waals surface area contributed by atoms with Gasteiger partial charge in [-0.15, -0.1) is 0 Å². The van der Waals surface area contributed by atoms with E-state index in [-0.39, 0.29) is 28.7 Å². The molecular formula is C13H16BrF3N2O. The number of carbonyl (C=O) groups is 1. The summed E-state index contributed by atoms with van der Waals surface area (Å²) in [6, 6.07) is 3.77. The van der Waals surface area contributed by atoms with Crippen molar-refractivity contribution >= 4 is 27.5 Å². The van der Waals surface area contributed by atoms with Gasteiger partial charge in [0.1, 0.15) is 0 Å². The first-order valence-electron chi connectivity index (χ1n) is 6.14. The molecule has 0 aliphatic carbocycles. The fourth-order valence-electron chi connectivity index (χ4n) is 1.44. The summed E-state index contributed by atoms with van der Waals surface area (Å²) in [5.41, 5.74) is -0.693. The van der Waals surface area contributed by atoms with Gasteiger partial charge in [0.15, 0.2) is 0 Å². The Hall–Kier alpha value is -1.08. The average Bonchev–Trinajstić information content (AvgIpc) is 2.37. The summed E-state index contributed by atoms with van der Waals surface area (Å²) >= 11 is 2.85. The molecule has 0 aliphatic rings. The van der Waals surface area contributed by atoms with Crippen molar-refractivity contribution in [1.82, 2.24) is 5.32 Å². The van der Waals surface area contributed by atoms with Gasteiger partial charge in [0.25, 0.3) is 0 Å². The SMILES string of the molecule is CCC(C)NCC(=O)Nc1ccc(Br)c(C(F)(F)F)c1. The molecule has 112 valence electrons. The first-order valence-corrected chi connectivity index (χ1v) is 6.93. The highest BCUT2D eigenvalue weighted by atomic mass is 79.9. The van der Waals surface area contributed by atoms with E-state index >= 15 is 0 Å². The van der Waals surface area contributed by atoms with Crippen LogP contribution in [0.4, 0.5) is 18.9 Å². The molecule has 7 heteroatoms. The largest absolute Gasteiger partial charge is 0.417 e. The van der Waals surface area contributed by atoms with Crippen LogP contribution in [0.2, 0.25) is 0 Å². The van der Waals surface area contributed by atoms with E-state index in [1.807, 2.05) is 13.8 Å². The maximum atomic E-state index is 12.7. The third kappa shape index (κ3) is 5.13. The van der Waals surface area contributed by atoms with Gasteiger partial charge in [0.2, 0.25) is 5.91 Å². The monoisotopic (exact) mass is 352 g/mol. The van der Waals surface area contributed by atoms with Crippen LogP contribution in [0, 0.1) is 0 Å². The number of anilines is 1. The molecule has 1 aromatic rings. The number of halogens is 4. The molecule has 0 fully saturated rings. The minimum Gasteiger partial charge on any atom is -0.325 e. The second-order valence-electron chi connectivity index (χ2n) is 4.43. The Morgan fingerprint density at radius 2 is 2.05 bits per heavy atom. The molecule has 3 nitrogen and oxygen atoms in total. The molecule has 1 unspecified atom stereocenters. The predicted molar refractivity (Wildman–Crippen MR) is 75.5 cm³/mol. The smallest absolute Gasteiger partial charge is 0.325 e. The maximum absolute atomic E-state index is 12.7. The van der Waals surface area contributed by atoms with Gasteiger partial charge < -0.3 is 10.6 Å². The Labute approximate surface area is 124 Å². The van der Waals surface area contributed by atoms with Crippen molar-refractivity contribution in [2.24, 2.45) is 0 Å². The zero-order valence-electron chi connectivity index (χ0n) is 11.1. The lowest BCUT2D eigenvalue weighted by atomic mass is 10.2. The second-order valence-corrected chi connectivity index (χ2v) is 5.29. The van der Waals surface area contributed by atoms with Gasteiger partial charge in [-0.1, -0.05) is 22.9 Å². The highest BCUT2D eigenvalue weighted by Crippen LogP contribution is 2.36. The Bertz CT molecular complexity index is 477. The van der Waals surface area contributed by atoms with Crippen molar-refractivity contribution < 1.29 is 18.0 Å². The van der Waals surface area contributed by atoms with Crippen LogP contribution >= 0.6 is 15.9 Å². The topological polar surface area (TPSA) is 41.1 Å². The molecule has 0 radical (unpaired) electrons. The minimum atomic E-state index is -4.46. The highest BCUT2D eigenvalue weighted by Gasteiger charge is 2.33. The average molecular weight is 353 g/mol. The molecule has 1 amide bonds. The molecule has 0 heterocycles. The third-order valence-corrected chi connectivity index (χ3v) is 3.47. The predicted octanol–water partition coefficient (Wildman–Crippen LogP) is 3.79. The van der Waals surface area contributed by atoms with E-state index in [0.29, 0.717) is 0 Å². The summed E-state index contributed by atoms with van der Waals surface area (Å²) in [5.74, 6) is -0.374. The van der Waals surface area contributed by atoms with Crippen LogP contribution in [0.1, 0.15) is 25.8 Å². The summed E-state index contributed by atoms with van der Waals surface area (Å²) < 4.78 is 38.1. The van der Waals surface area contributed by atoms with Crippen LogP contribution in [-0.4, -0.2) is 18.5 Å². The number of hydrogen-bond acceptors (Lipinski definition) is 2. The quantitative estimate of drug-likeness (QED) is 0.846. The second kappa shape index (κ2) is 7.08. The van der Waals surface area contributed by atoms with Crippen LogP contribution in [0.15, 0.2) is 22.7 Å². The van der Waals surface area contributed by atoms with Gasteiger partial charge in [-0.05, 0) is 31.5 Å². The molecule has 1 rings (SSSR count). The lowest BCUT2D eigenvalue weighted by Gasteiger charge is -2.13. The normalized spacial score (nSPS) is 13.1. The standard InChI is InChI=1S/C13H16BrF3N2O/c1-3-8(2)18-7-12(20)19-9-4-5-11(14)10(6-9)13(15,16)17/h4-6,8,18H,3,7H2,1-2H3,(H,19,20). The first kappa shape index (κ1) is 17.0. The summed E-state index contributed by atoms with van der Waals surface area (Å²) in [6.07, 6.45) is -3.60. The molecule has 0 bridgehead atoms. The van der Waals surface area contributed by atoms with Gasteiger partial charge in [-0.25, -0.2) is 0 Å². The summed E-state index contributed by atoms with van der Waals surface area (Å²) in [5, 5.41) is 5.40. The Kier molecular flexibility index (Phi) is 6.01. The van der Waals surface area contributed by atoms with E-state index in [4.69, 9.17) is 0 Å². The van der Waals surface area contributed by atoms with E-state index in [9.17, 15) is 18.0 Å². The lowest BCUT2D eigenvalue weighted by Crippen LogP contribution is -2.34. The summed E-state index contributed by atoms with van der Waals surface area (Å²) in [4.78, 5) is 11.6. The van der Waals surface area contributed by atoms with E-state index in [1.165, 1.54) is 12.1 Å². The molecular weight excluding hydrogens is 337 g/mol. The zero-order chi connectivity index (χ0) is 15.3. The number of rotatable bonds is 5. The van der Waals surface area contributed by atoms with Crippen molar-refractivity contribution in [3.05, 3.63) is 28.2 Å². The Balaban J connectivity index is 2.71. The highest BCUT2D eigenvalue weighted by molar-refractivity contribution is 9.10. The molecule has 0 aliphatic heterocycles. The van der Waals surface area contributed by atoms with Crippen LogP contribution in [0.5, 0.6) is 0 Å².